The molecule has 2 atom stereocenters. The Hall–Kier alpha value is -3.15. The normalized spacial score (nSPS) is 13.6. The van der Waals surface area contributed by atoms with Crippen molar-refractivity contribution < 1.29 is 18.8 Å². The van der Waals surface area contributed by atoms with Gasteiger partial charge in [-0.2, -0.15) is 4.98 Å². The third-order valence-corrected chi connectivity index (χ3v) is 6.68. The molecule has 0 saturated carbocycles. The Morgan fingerprint density at radius 3 is 2.69 bits per heavy atom. The van der Waals surface area contributed by atoms with E-state index in [1.54, 1.807) is 48.7 Å². The van der Waals surface area contributed by atoms with Crippen LogP contribution in [-0.2, 0) is 14.4 Å². The van der Waals surface area contributed by atoms with Crippen molar-refractivity contribution in [1.82, 2.24) is 14.7 Å². The third-order valence-electron chi connectivity index (χ3n) is 4.25. The van der Waals surface area contributed by atoms with Crippen LogP contribution >= 0.6 is 11.3 Å². The zero-order valence-corrected chi connectivity index (χ0v) is 19.3. The third kappa shape index (κ3) is 5.96. The second-order valence-electron chi connectivity index (χ2n) is 6.81. The Morgan fingerprint density at radius 2 is 2.06 bits per heavy atom. The molecule has 1 aromatic carbocycles. The van der Waals surface area contributed by atoms with Crippen LogP contribution in [0, 0.1) is 0 Å². The first-order chi connectivity index (χ1) is 15.3. The van der Waals surface area contributed by atoms with Crippen LogP contribution in [0.3, 0.4) is 0 Å². The standard InChI is InChI=1S/C21H25N5O4S2/c1-4-30-21(28)26-32(3,29)16-9-7-15(8-10-16)24-20-22-12-17(18-6-5-11-31-18)19(25-20)23-14(2)13-27/h5-12,14,27H,3-4,13H2,1-2H3,(H,26,28,29)(H2,22,23,24,25)/t14-,32?/m1/s1. The number of benzene rings is 1. The van der Waals surface area contributed by atoms with E-state index in [1.165, 1.54) is 0 Å². The van der Waals surface area contributed by atoms with Crippen LogP contribution in [0.15, 0.2) is 52.9 Å². The monoisotopic (exact) mass is 475 g/mol. The lowest BCUT2D eigenvalue weighted by Gasteiger charge is -2.16. The summed E-state index contributed by atoms with van der Waals surface area (Å²) in [4.78, 5) is 21.9. The first-order valence-corrected chi connectivity index (χ1v) is 12.4. The molecule has 3 aromatic rings. The lowest BCUT2D eigenvalue weighted by Crippen LogP contribution is -2.30. The zero-order valence-electron chi connectivity index (χ0n) is 17.7. The SMILES string of the molecule is C=S(=O)(NC(=O)OCC)c1ccc(Nc2ncc(-c3cccs3)c(N[C@H](C)CO)n2)cc1. The second kappa shape index (κ2) is 10.4. The lowest BCUT2D eigenvalue weighted by atomic mass is 10.2. The fraction of sp³-hybridized carbons (Fsp3) is 0.238. The minimum atomic E-state index is -3.04. The smallest absolute Gasteiger partial charge is 0.418 e. The molecule has 4 N–H and O–H groups in total. The number of aliphatic hydroxyl groups excluding tert-OH is 1. The van der Waals surface area contributed by atoms with Gasteiger partial charge < -0.3 is 20.5 Å². The highest BCUT2D eigenvalue weighted by atomic mass is 32.2. The molecule has 1 amide bonds. The summed E-state index contributed by atoms with van der Waals surface area (Å²) in [7, 11) is -3.04. The number of nitrogens with zero attached hydrogens (tertiary/aromatic N) is 2. The van der Waals surface area contributed by atoms with E-state index in [1.807, 2.05) is 24.4 Å². The summed E-state index contributed by atoms with van der Waals surface area (Å²) < 4.78 is 19.7. The topological polar surface area (TPSA) is 125 Å². The molecule has 32 heavy (non-hydrogen) atoms. The molecule has 11 heteroatoms. The Bertz CT molecular complexity index is 1150. The van der Waals surface area contributed by atoms with Crippen molar-refractivity contribution in [2.45, 2.75) is 24.8 Å². The predicted molar refractivity (Wildman–Crippen MR) is 129 cm³/mol. The number of hydrogen-bond acceptors (Lipinski definition) is 9. The van der Waals surface area contributed by atoms with Gasteiger partial charge in [0.15, 0.2) is 0 Å². The van der Waals surface area contributed by atoms with Crippen LogP contribution in [0.25, 0.3) is 10.4 Å². The molecule has 0 aliphatic carbocycles. The molecular formula is C21H25N5O4S2. The highest BCUT2D eigenvalue weighted by molar-refractivity contribution is 7.99. The van der Waals surface area contributed by atoms with Gasteiger partial charge in [0, 0.05) is 27.7 Å². The van der Waals surface area contributed by atoms with Crippen molar-refractivity contribution in [3.63, 3.8) is 0 Å². The molecule has 2 heterocycles. The van der Waals surface area contributed by atoms with E-state index in [0.717, 1.165) is 10.4 Å². The van der Waals surface area contributed by atoms with Crippen LogP contribution in [0.4, 0.5) is 22.2 Å². The number of thiophene rings is 1. The first kappa shape index (κ1) is 23.5. The molecule has 170 valence electrons. The Morgan fingerprint density at radius 1 is 1.31 bits per heavy atom. The van der Waals surface area contributed by atoms with Crippen molar-refractivity contribution in [2.75, 3.05) is 23.8 Å². The maximum absolute atomic E-state index is 12.7. The van der Waals surface area contributed by atoms with E-state index >= 15 is 0 Å². The van der Waals surface area contributed by atoms with Crippen LogP contribution in [0.5, 0.6) is 0 Å². The molecule has 1 unspecified atom stereocenters. The fourth-order valence-electron chi connectivity index (χ4n) is 2.68. The maximum Gasteiger partial charge on any atom is 0.418 e. The Balaban J connectivity index is 1.79. The molecule has 0 aliphatic heterocycles. The number of carbonyl (C=O) groups excluding carboxylic acids is 1. The average molecular weight is 476 g/mol. The van der Waals surface area contributed by atoms with Crippen molar-refractivity contribution in [3.8, 4) is 10.4 Å². The summed E-state index contributed by atoms with van der Waals surface area (Å²) in [6, 6.07) is 10.3. The lowest BCUT2D eigenvalue weighted by molar-refractivity contribution is 0.159. The molecule has 9 nitrogen and oxygen atoms in total. The number of carbonyl (C=O) groups is 1. The molecule has 0 fully saturated rings. The number of rotatable bonds is 9. The number of amides is 1. The zero-order chi connectivity index (χ0) is 23.1. The second-order valence-corrected chi connectivity index (χ2v) is 9.78. The first-order valence-electron chi connectivity index (χ1n) is 9.79. The molecule has 0 radical (unpaired) electrons. The van der Waals surface area contributed by atoms with Crippen molar-refractivity contribution >= 4 is 50.5 Å². The molecular weight excluding hydrogens is 450 g/mol. The molecule has 0 aliphatic rings. The van der Waals surface area contributed by atoms with E-state index in [-0.39, 0.29) is 19.3 Å². The number of hydrogen-bond donors (Lipinski definition) is 4. The van der Waals surface area contributed by atoms with Gasteiger partial charge in [-0.1, -0.05) is 6.07 Å². The van der Waals surface area contributed by atoms with E-state index < -0.39 is 15.8 Å². The van der Waals surface area contributed by atoms with E-state index in [4.69, 9.17) is 4.74 Å². The van der Waals surface area contributed by atoms with Crippen LogP contribution in [0.1, 0.15) is 13.8 Å². The van der Waals surface area contributed by atoms with Crippen molar-refractivity contribution in [3.05, 3.63) is 48.0 Å². The van der Waals surface area contributed by atoms with Gasteiger partial charge in [-0.15, -0.1) is 11.3 Å². The summed E-state index contributed by atoms with van der Waals surface area (Å²) in [6.07, 6.45) is 0.930. The number of aromatic nitrogens is 2. The van der Waals surface area contributed by atoms with E-state index in [0.29, 0.717) is 22.3 Å². The largest absolute Gasteiger partial charge is 0.449 e. The summed E-state index contributed by atoms with van der Waals surface area (Å²) in [5, 5.41) is 17.7. The number of ether oxygens (including phenoxy) is 1. The number of nitrogens with one attached hydrogen (secondary N) is 3. The predicted octanol–water partition coefficient (Wildman–Crippen LogP) is 3.48. The van der Waals surface area contributed by atoms with Gasteiger partial charge in [0.05, 0.1) is 28.5 Å². The van der Waals surface area contributed by atoms with E-state index in [9.17, 15) is 14.1 Å². The molecule has 3 rings (SSSR count). The van der Waals surface area contributed by atoms with Crippen molar-refractivity contribution in [2.24, 2.45) is 0 Å². The maximum atomic E-state index is 12.7. The summed E-state index contributed by atoms with van der Waals surface area (Å²) in [5.74, 6) is 4.55. The quantitative estimate of drug-likeness (QED) is 0.347. The minimum absolute atomic E-state index is 0.0394. The average Bonchev–Trinajstić information content (AvgIpc) is 3.28. The minimum Gasteiger partial charge on any atom is -0.449 e. The number of aliphatic hydroxyl groups is 1. The Kier molecular flexibility index (Phi) is 7.67. The number of anilines is 3. The van der Waals surface area contributed by atoms with Gasteiger partial charge >= 0.3 is 6.09 Å². The van der Waals surface area contributed by atoms with Crippen LogP contribution in [0.2, 0.25) is 0 Å². The van der Waals surface area contributed by atoms with Gasteiger partial charge in [0.2, 0.25) is 5.95 Å². The van der Waals surface area contributed by atoms with Gasteiger partial charge in [0.25, 0.3) is 0 Å². The molecule has 0 bridgehead atoms. The van der Waals surface area contributed by atoms with Gasteiger partial charge in [-0.3, -0.25) is 0 Å². The summed E-state index contributed by atoms with van der Waals surface area (Å²) in [5.41, 5.74) is 1.49. The van der Waals surface area contributed by atoms with Gasteiger partial charge in [-0.05, 0) is 55.4 Å². The highest BCUT2D eigenvalue weighted by Gasteiger charge is 2.14. The van der Waals surface area contributed by atoms with E-state index in [2.05, 4.69) is 31.2 Å². The molecule has 0 saturated heterocycles. The van der Waals surface area contributed by atoms with Crippen LogP contribution in [-0.4, -0.2) is 50.5 Å². The molecule has 0 spiro atoms. The summed E-state index contributed by atoms with van der Waals surface area (Å²) in [6.45, 7) is 3.64. The molecule has 2 aromatic heterocycles. The Labute approximate surface area is 191 Å². The van der Waals surface area contributed by atoms with Crippen LogP contribution < -0.4 is 15.4 Å². The highest BCUT2D eigenvalue weighted by Crippen LogP contribution is 2.31. The van der Waals surface area contributed by atoms with Crippen molar-refractivity contribution in [1.29, 1.82) is 0 Å². The van der Waals surface area contributed by atoms with Gasteiger partial charge in [-0.25, -0.2) is 18.7 Å². The van der Waals surface area contributed by atoms with Gasteiger partial charge in [0.1, 0.15) is 5.82 Å². The summed E-state index contributed by atoms with van der Waals surface area (Å²) >= 11 is 1.57. The fourth-order valence-corrected chi connectivity index (χ4v) is 4.44.